The first-order valence-electron chi connectivity index (χ1n) is 3.08. The Kier molecular flexibility index (Phi) is 1.76. The quantitative estimate of drug-likeness (QED) is 0.453. The Morgan fingerprint density at radius 2 is 2.18 bits per heavy atom. The van der Waals surface area contributed by atoms with Crippen LogP contribution in [0.3, 0.4) is 0 Å². The zero-order chi connectivity index (χ0) is 8.43. The summed E-state index contributed by atoms with van der Waals surface area (Å²) in [5, 5.41) is 10.2. The monoisotopic (exact) mass is 151 g/mol. The van der Waals surface area contributed by atoms with Crippen LogP contribution in [0.5, 0.6) is 0 Å². The predicted molar refractivity (Wildman–Crippen MR) is 40.6 cm³/mol. The molecule has 1 rings (SSSR count). The van der Waals surface area contributed by atoms with Crippen molar-refractivity contribution >= 4 is 11.4 Å². The van der Waals surface area contributed by atoms with E-state index in [1.165, 1.54) is 18.2 Å². The van der Waals surface area contributed by atoms with E-state index in [9.17, 15) is 10.1 Å². The number of hydrogen-bond donors (Lipinski definition) is 0. The summed E-state index contributed by atoms with van der Waals surface area (Å²) in [6.07, 6.45) is 0. The van der Waals surface area contributed by atoms with Crippen molar-refractivity contribution in [3.63, 3.8) is 0 Å². The van der Waals surface area contributed by atoms with Gasteiger partial charge in [0.2, 0.25) is 0 Å². The Labute approximate surface area is 63.8 Å². The number of nitro benzene ring substituents is 1. The van der Waals surface area contributed by atoms with Crippen LogP contribution in [0.2, 0.25) is 0 Å². The molecule has 1 aromatic carbocycles. The van der Waals surface area contributed by atoms with Gasteiger partial charge in [0.25, 0.3) is 5.69 Å². The Balaban J connectivity index is 3.15. The van der Waals surface area contributed by atoms with Crippen LogP contribution in [0, 0.1) is 17.0 Å². The first-order valence-corrected chi connectivity index (χ1v) is 3.08. The molecule has 0 aliphatic carbocycles. The van der Waals surface area contributed by atoms with Crippen LogP contribution in [0.4, 0.5) is 11.4 Å². The second-order valence-corrected chi connectivity index (χ2v) is 2.26. The molecule has 1 N–H and O–H groups in total. The maximum absolute atomic E-state index is 10.2. The van der Waals surface area contributed by atoms with Gasteiger partial charge in [0.1, 0.15) is 0 Å². The summed E-state index contributed by atoms with van der Waals surface area (Å²) < 4.78 is 0. The van der Waals surface area contributed by atoms with Crippen molar-refractivity contribution in [1.82, 2.24) is 5.73 Å². The molecular weight excluding hydrogens is 144 g/mol. The largest absolute Gasteiger partial charge is 0.301 e. The lowest BCUT2D eigenvalue weighted by atomic mass is 10.2. The average molecular weight is 151 g/mol. The third-order valence-electron chi connectivity index (χ3n) is 1.42. The number of nitro groups is 1. The lowest BCUT2D eigenvalue weighted by molar-refractivity contribution is -0.384. The van der Waals surface area contributed by atoms with Gasteiger partial charge in [-0.2, -0.15) is 0 Å². The molecule has 0 saturated carbocycles. The third-order valence-corrected chi connectivity index (χ3v) is 1.42. The normalized spacial score (nSPS) is 9.55. The van der Waals surface area contributed by atoms with Crippen molar-refractivity contribution in [2.24, 2.45) is 0 Å². The van der Waals surface area contributed by atoms with Gasteiger partial charge in [0.15, 0.2) is 0 Å². The molecule has 0 heterocycles. The van der Waals surface area contributed by atoms with Crippen LogP contribution in [-0.4, -0.2) is 4.92 Å². The Morgan fingerprint density at radius 1 is 1.55 bits per heavy atom. The smallest absolute Gasteiger partial charge is 0.269 e. The van der Waals surface area contributed by atoms with Gasteiger partial charge in [0.05, 0.1) is 10.6 Å². The number of non-ortho nitro benzene ring substituents is 1. The molecule has 0 fully saturated rings. The molecule has 1 radical (unpaired) electrons. The fourth-order valence-corrected chi connectivity index (χ4v) is 0.761. The molecule has 0 saturated heterocycles. The van der Waals surface area contributed by atoms with Gasteiger partial charge in [-0.3, -0.25) is 10.1 Å². The van der Waals surface area contributed by atoms with Crippen LogP contribution >= 0.6 is 0 Å². The molecule has 0 spiro atoms. The summed E-state index contributed by atoms with van der Waals surface area (Å²) in [5.41, 5.74) is 8.23. The summed E-state index contributed by atoms with van der Waals surface area (Å²) >= 11 is 0. The molecule has 0 aromatic heterocycles. The molecule has 57 valence electrons. The summed E-state index contributed by atoms with van der Waals surface area (Å²) in [6, 6.07) is 4.14. The maximum Gasteiger partial charge on any atom is 0.269 e. The minimum Gasteiger partial charge on any atom is -0.301 e. The number of nitrogens with zero attached hydrogens (tertiary/aromatic N) is 1. The van der Waals surface area contributed by atoms with Gasteiger partial charge < -0.3 is 5.73 Å². The van der Waals surface area contributed by atoms with E-state index in [-0.39, 0.29) is 5.69 Å². The molecule has 0 aliphatic heterocycles. The van der Waals surface area contributed by atoms with Crippen LogP contribution in [-0.2, 0) is 0 Å². The minimum absolute atomic E-state index is 0.0403. The zero-order valence-electron chi connectivity index (χ0n) is 6.00. The molecule has 4 nitrogen and oxygen atoms in total. The highest BCUT2D eigenvalue weighted by Crippen LogP contribution is 2.18. The van der Waals surface area contributed by atoms with E-state index in [4.69, 9.17) is 5.73 Å². The van der Waals surface area contributed by atoms with Crippen molar-refractivity contribution in [1.29, 1.82) is 0 Å². The highest BCUT2D eigenvalue weighted by molar-refractivity contribution is 5.49. The van der Waals surface area contributed by atoms with Gasteiger partial charge in [0, 0.05) is 12.1 Å². The fourth-order valence-electron chi connectivity index (χ4n) is 0.761. The lowest BCUT2D eigenvalue weighted by Crippen LogP contribution is -1.88. The van der Waals surface area contributed by atoms with Crippen LogP contribution < -0.4 is 5.73 Å². The highest BCUT2D eigenvalue weighted by Gasteiger charge is 2.05. The number of aryl methyl sites for hydroxylation is 1. The highest BCUT2D eigenvalue weighted by atomic mass is 16.6. The minimum atomic E-state index is -0.466. The maximum atomic E-state index is 10.2. The van der Waals surface area contributed by atoms with Crippen LogP contribution in [0.25, 0.3) is 0 Å². The third kappa shape index (κ3) is 1.46. The van der Waals surface area contributed by atoms with E-state index in [1.807, 2.05) is 0 Å². The Morgan fingerprint density at radius 3 is 2.64 bits per heavy atom. The molecule has 11 heavy (non-hydrogen) atoms. The van der Waals surface area contributed by atoms with Gasteiger partial charge >= 0.3 is 0 Å². The summed E-state index contributed by atoms with van der Waals surface area (Å²) in [7, 11) is 0. The van der Waals surface area contributed by atoms with Gasteiger partial charge in [-0.05, 0) is 18.6 Å². The van der Waals surface area contributed by atoms with Crippen molar-refractivity contribution in [3.05, 3.63) is 33.9 Å². The Bertz CT molecular complexity index is 296. The van der Waals surface area contributed by atoms with E-state index in [1.54, 1.807) is 6.92 Å². The first kappa shape index (κ1) is 7.53. The van der Waals surface area contributed by atoms with Crippen LogP contribution in [0.15, 0.2) is 18.2 Å². The van der Waals surface area contributed by atoms with Crippen LogP contribution in [0.1, 0.15) is 5.56 Å². The molecule has 1 aromatic rings. The summed E-state index contributed by atoms with van der Waals surface area (Å²) in [6.45, 7) is 1.68. The van der Waals surface area contributed by atoms with Crippen molar-refractivity contribution in [2.45, 2.75) is 6.92 Å². The van der Waals surface area contributed by atoms with E-state index in [0.717, 1.165) is 0 Å². The zero-order valence-corrected chi connectivity index (χ0v) is 6.00. The molecular formula is C7H7N2O2. The molecule has 0 bridgehead atoms. The molecule has 0 unspecified atom stereocenters. The topological polar surface area (TPSA) is 66.9 Å². The molecule has 0 atom stereocenters. The van der Waals surface area contributed by atoms with Crippen molar-refractivity contribution in [2.75, 3.05) is 0 Å². The molecule has 0 amide bonds. The predicted octanol–water partition coefficient (Wildman–Crippen LogP) is 1.82. The summed E-state index contributed by atoms with van der Waals surface area (Å²) in [5.74, 6) is 0. The number of benzene rings is 1. The van der Waals surface area contributed by atoms with E-state index in [0.29, 0.717) is 11.3 Å². The van der Waals surface area contributed by atoms with Gasteiger partial charge in [-0.25, -0.2) is 0 Å². The number of hydrogen-bond acceptors (Lipinski definition) is 2. The average Bonchev–Trinajstić information content (AvgIpc) is 1.94. The SMILES string of the molecule is Cc1cc([N+](=O)[O-])ccc1[NH]. The van der Waals surface area contributed by atoms with Crippen molar-refractivity contribution < 1.29 is 4.92 Å². The number of rotatable bonds is 1. The summed E-state index contributed by atoms with van der Waals surface area (Å²) in [4.78, 5) is 9.74. The number of nitrogens with one attached hydrogen (secondary N) is 1. The van der Waals surface area contributed by atoms with Gasteiger partial charge in [-0.15, -0.1) is 0 Å². The van der Waals surface area contributed by atoms with E-state index >= 15 is 0 Å². The van der Waals surface area contributed by atoms with Crippen molar-refractivity contribution in [3.8, 4) is 0 Å². The van der Waals surface area contributed by atoms with E-state index in [2.05, 4.69) is 0 Å². The second kappa shape index (κ2) is 2.57. The van der Waals surface area contributed by atoms with E-state index < -0.39 is 4.92 Å². The molecule has 4 heteroatoms. The lowest BCUT2D eigenvalue weighted by Gasteiger charge is -1.96. The first-order chi connectivity index (χ1) is 5.11. The molecule has 0 aliphatic rings. The standard InChI is InChI=1S/C7H7N2O2/c1-5-4-6(9(10)11)2-3-7(5)8/h2-4,8H,1H3. The van der Waals surface area contributed by atoms with Gasteiger partial charge in [-0.1, -0.05) is 0 Å². The Hall–Kier alpha value is -1.58. The fraction of sp³-hybridized carbons (Fsp3) is 0.143. The second-order valence-electron chi connectivity index (χ2n) is 2.26.